The molecule has 0 aromatic carbocycles. The van der Waals surface area contributed by atoms with E-state index in [1.54, 1.807) is 0 Å². The van der Waals surface area contributed by atoms with Gasteiger partial charge < -0.3 is 12.9 Å². The predicted octanol–water partition coefficient (Wildman–Crippen LogP) is 1.16. The van der Waals surface area contributed by atoms with Gasteiger partial charge in [-0.2, -0.15) is 5.98 Å². The van der Waals surface area contributed by atoms with E-state index in [1.165, 1.54) is 0 Å². The summed E-state index contributed by atoms with van der Waals surface area (Å²) < 4.78 is 32.2. The molecule has 0 rings (SSSR count). The van der Waals surface area contributed by atoms with Gasteiger partial charge in [0.15, 0.2) is 0 Å². The SMILES string of the molecule is C=C[B-](F)(F)F.[HH].[KH]. The van der Waals surface area contributed by atoms with Crippen LogP contribution in [0.4, 0.5) is 12.9 Å². The fourth-order valence-electron chi connectivity index (χ4n) is 0. The van der Waals surface area contributed by atoms with Crippen molar-refractivity contribution in [3.8, 4) is 0 Å². The molecule has 0 aliphatic rings. The van der Waals surface area contributed by atoms with Gasteiger partial charge in [-0.25, -0.2) is 0 Å². The molecule has 0 spiro atoms. The van der Waals surface area contributed by atoms with Gasteiger partial charge in [0.1, 0.15) is 0 Å². The summed E-state index contributed by atoms with van der Waals surface area (Å²) in [5, 5.41) is 0. The van der Waals surface area contributed by atoms with Gasteiger partial charge in [-0.1, -0.05) is 0 Å². The Kier molecular flexibility index (Phi) is 6.56. The van der Waals surface area contributed by atoms with E-state index >= 15 is 0 Å². The molecular weight excluding hydrogens is 131 g/mol. The van der Waals surface area contributed by atoms with Crippen LogP contribution in [-0.4, -0.2) is 58.4 Å². The molecule has 0 radical (unpaired) electrons. The van der Waals surface area contributed by atoms with Crippen LogP contribution >= 0.6 is 0 Å². The van der Waals surface area contributed by atoms with Crippen LogP contribution in [0.5, 0.6) is 0 Å². The van der Waals surface area contributed by atoms with E-state index in [0.29, 0.717) is 0 Å². The maximum absolute atomic E-state index is 10.7. The Morgan fingerprint density at radius 1 is 1.43 bits per heavy atom. The molecule has 0 saturated heterocycles. The van der Waals surface area contributed by atoms with Gasteiger partial charge in [-0.3, -0.25) is 0 Å². The zero-order chi connectivity index (χ0) is 5.21. The first-order valence-corrected chi connectivity index (χ1v) is 1.40. The fourth-order valence-corrected chi connectivity index (χ4v) is 0. The molecule has 0 aliphatic carbocycles. The maximum atomic E-state index is 10.7. The first kappa shape index (κ1) is 11.1. The van der Waals surface area contributed by atoms with Crippen LogP contribution in [0, 0.1) is 0 Å². The van der Waals surface area contributed by atoms with Crippen LogP contribution in [0.1, 0.15) is 1.43 Å². The van der Waals surface area contributed by atoms with Crippen LogP contribution in [0.3, 0.4) is 0 Å². The minimum atomic E-state index is -4.72. The van der Waals surface area contributed by atoms with Crippen LogP contribution in [0.15, 0.2) is 12.6 Å². The summed E-state index contributed by atoms with van der Waals surface area (Å²) in [6.45, 7) is -2.19. The zero-order valence-electron chi connectivity index (χ0n) is 3.00. The van der Waals surface area contributed by atoms with Crippen LogP contribution < -0.4 is 0 Å². The van der Waals surface area contributed by atoms with E-state index in [2.05, 4.69) is 6.58 Å². The third kappa shape index (κ3) is 11.1. The minimum absolute atomic E-state index is 0. The molecule has 0 N–H and O–H groups in total. The topological polar surface area (TPSA) is 0 Å². The molecule has 7 heavy (non-hydrogen) atoms. The number of hydrogen-bond donors (Lipinski definition) is 0. The summed E-state index contributed by atoms with van der Waals surface area (Å²) in [5.41, 5.74) is 0. The first-order valence-electron chi connectivity index (χ1n) is 1.40. The van der Waals surface area contributed by atoms with E-state index in [-0.39, 0.29) is 58.8 Å². The Labute approximate surface area is 84.1 Å². The Morgan fingerprint density at radius 2 is 1.57 bits per heavy atom. The van der Waals surface area contributed by atoms with Crippen molar-refractivity contribution in [2.24, 2.45) is 0 Å². The Balaban J connectivity index is -0.000000125. The van der Waals surface area contributed by atoms with Crippen LogP contribution in [0.25, 0.3) is 0 Å². The summed E-state index contributed by atoms with van der Waals surface area (Å²) >= 11 is 0. The van der Waals surface area contributed by atoms with Crippen molar-refractivity contribution in [3.63, 3.8) is 0 Å². The molecule has 0 unspecified atom stereocenters. The van der Waals surface area contributed by atoms with E-state index < -0.39 is 6.98 Å². The number of rotatable bonds is 1. The molecule has 0 heterocycles. The number of hydrogen-bond acceptors (Lipinski definition) is 0. The molecule has 0 aromatic rings. The summed E-state index contributed by atoms with van der Waals surface area (Å²) in [6.07, 6.45) is 0. The van der Waals surface area contributed by atoms with E-state index in [4.69, 9.17) is 0 Å². The third-order valence-corrected chi connectivity index (χ3v) is 0.267. The molecule has 0 aromatic heterocycles. The quantitative estimate of drug-likeness (QED) is 0.475. The molecule has 5 heteroatoms. The van der Waals surface area contributed by atoms with Crippen molar-refractivity contribution in [1.29, 1.82) is 0 Å². The average Bonchev–Trinajstić information content (AvgIpc) is 1.35. The molecule has 0 atom stereocenters. The van der Waals surface area contributed by atoms with E-state index in [9.17, 15) is 12.9 Å². The van der Waals surface area contributed by atoms with Gasteiger partial charge in [-0.15, -0.1) is 6.58 Å². The second kappa shape index (κ2) is 4.14. The van der Waals surface area contributed by atoms with Crippen LogP contribution in [-0.2, 0) is 0 Å². The van der Waals surface area contributed by atoms with Crippen molar-refractivity contribution in [1.82, 2.24) is 0 Å². The van der Waals surface area contributed by atoms with Gasteiger partial charge in [0, 0.05) is 1.43 Å². The fraction of sp³-hybridized carbons (Fsp3) is 0. The molecular formula is C2H6BF3K-. The molecule has 40 valence electrons. The monoisotopic (exact) mass is 137 g/mol. The van der Waals surface area contributed by atoms with Gasteiger partial charge in [0.25, 0.3) is 0 Å². The molecule has 0 saturated carbocycles. The first-order chi connectivity index (χ1) is 2.56. The molecule has 0 fully saturated rings. The van der Waals surface area contributed by atoms with Crippen molar-refractivity contribution >= 4 is 58.4 Å². The predicted molar refractivity (Wildman–Crippen MR) is 28.5 cm³/mol. The summed E-state index contributed by atoms with van der Waals surface area (Å²) in [4.78, 5) is 0. The molecule has 0 amide bonds. The van der Waals surface area contributed by atoms with E-state index in [1.807, 2.05) is 0 Å². The normalized spacial score (nSPS) is 9.57. The summed E-state index contributed by atoms with van der Waals surface area (Å²) in [6, 6.07) is 0. The van der Waals surface area contributed by atoms with Gasteiger partial charge in [0.2, 0.25) is 0 Å². The Bertz CT molecular complexity index is 62.8. The molecule has 0 nitrogen and oxygen atoms in total. The van der Waals surface area contributed by atoms with Crippen molar-refractivity contribution < 1.29 is 14.4 Å². The summed E-state index contributed by atoms with van der Waals surface area (Å²) in [5.74, 6) is 0. The average molecular weight is 137 g/mol. The summed E-state index contributed by atoms with van der Waals surface area (Å²) in [7, 11) is 0. The molecule has 0 aliphatic heterocycles. The molecule has 0 bridgehead atoms. The second-order valence-electron chi connectivity index (χ2n) is 0.861. The van der Waals surface area contributed by atoms with Crippen molar-refractivity contribution in [2.45, 2.75) is 0 Å². The van der Waals surface area contributed by atoms with Gasteiger partial charge >= 0.3 is 58.4 Å². The second-order valence-corrected chi connectivity index (χ2v) is 0.861. The Hall–Kier alpha value is 1.23. The van der Waals surface area contributed by atoms with E-state index in [0.717, 1.165) is 0 Å². The zero-order valence-corrected chi connectivity index (χ0v) is 3.00. The van der Waals surface area contributed by atoms with Crippen LogP contribution in [0.2, 0.25) is 0 Å². The third-order valence-electron chi connectivity index (χ3n) is 0.267. The Morgan fingerprint density at radius 3 is 1.57 bits per heavy atom. The van der Waals surface area contributed by atoms with Crippen molar-refractivity contribution in [3.05, 3.63) is 12.6 Å². The van der Waals surface area contributed by atoms with Crippen molar-refractivity contribution in [2.75, 3.05) is 0 Å². The standard InChI is InChI=1S/C2H3BF3.K.H2.H/c1-2-3(4,5)6;;;/h2H,1H2;;1H;/q-1;;;. The number of halogens is 3. The van der Waals surface area contributed by atoms with Gasteiger partial charge in [0.05, 0.1) is 0 Å². The van der Waals surface area contributed by atoms with Gasteiger partial charge in [-0.05, 0) is 0 Å².